The number of hydrogen-bond donors (Lipinski definition) is 2. The second kappa shape index (κ2) is 6.93. The van der Waals surface area contributed by atoms with Gasteiger partial charge in [-0.15, -0.1) is 0 Å². The number of carbonyl (C=O) groups is 2. The van der Waals surface area contributed by atoms with E-state index in [2.05, 4.69) is 5.32 Å². The molecule has 2 saturated heterocycles. The molecule has 0 aromatic carbocycles. The van der Waals surface area contributed by atoms with E-state index in [0.29, 0.717) is 25.8 Å². The van der Waals surface area contributed by atoms with Crippen LogP contribution in [0.3, 0.4) is 0 Å². The highest BCUT2D eigenvalue weighted by Crippen LogP contribution is 2.37. The number of rotatable bonds is 0. The van der Waals surface area contributed by atoms with Crippen molar-refractivity contribution in [3.8, 4) is 0 Å². The van der Waals surface area contributed by atoms with E-state index in [9.17, 15) is 31.1 Å². The largest absolute Gasteiger partial charge is 0.490 e. The number of nitrogens with zero attached hydrogens (tertiary/aromatic N) is 1. The zero-order valence-corrected chi connectivity index (χ0v) is 11.9. The Balaban J connectivity index is 0.000000322. The smallest absolute Gasteiger partial charge is 0.475 e. The van der Waals surface area contributed by atoms with E-state index in [-0.39, 0.29) is 6.54 Å². The number of halogens is 6. The number of piperidine rings is 1. The first-order valence-corrected chi connectivity index (χ1v) is 6.80. The van der Waals surface area contributed by atoms with Gasteiger partial charge in [0.2, 0.25) is 0 Å². The van der Waals surface area contributed by atoms with Crippen LogP contribution in [0.5, 0.6) is 0 Å². The van der Waals surface area contributed by atoms with Gasteiger partial charge in [-0.3, -0.25) is 4.79 Å². The molecule has 2 N–H and O–H groups in total. The van der Waals surface area contributed by atoms with Crippen molar-refractivity contribution >= 4 is 11.9 Å². The van der Waals surface area contributed by atoms with E-state index >= 15 is 0 Å². The molecule has 134 valence electrons. The molecule has 1 spiro atoms. The van der Waals surface area contributed by atoms with Gasteiger partial charge in [0.05, 0.1) is 5.54 Å². The highest BCUT2D eigenvalue weighted by atomic mass is 19.4. The molecular formula is C12H16F6N2O3. The van der Waals surface area contributed by atoms with Gasteiger partial charge in [-0.2, -0.15) is 26.3 Å². The van der Waals surface area contributed by atoms with E-state index in [1.807, 2.05) is 0 Å². The van der Waals surface area contributed by atoms with E-state index in [0.717, 1.165) is 17.9 Å². The van der Waals surface area contributed by atoms with Crippen molar-refractivity contribution in [2.45, 2.75) is 43.6 Å². The lowest BCUT2D eigenvalue weighted by molar-refractivity contribution is -0.192. The third kappa shape index (κ3) is 4.98. The summed E-state index contributed by atoms with van der Waals surface area (Å²) in [4.78, 5) is 21.3. The molecule has 2 fully saturated rings. The molecule has 1 unspecified atom stereocenters. The maximum absolute atomic E-state index is 12.4. The normalized spacial score (nSPS) is 25.0. The van der Waals surface area contributed by atoms with Crippen molar-refractivity contribution < 1.29 is 41.0 Å². The van der Waals surface area contributed by atoms with E-state index in [1.54, 1.807) is 0 Å². The number of aliphatic carboxylic acids is 1. The summed E-state index contributed by atoms with van der Waals surface area (Å²) in [6.45, 7) is 1.56. The van der Waals surface area contributed by atoms with Crippen molar-refractivity contribution in [3.63, 3.8) is 0 Å². The minimum Gasteiger partial charge on any atom is -0.475 e. The first-order valence-electron chi connectivity index (χ1n) is 6.80. The van der Waals surface area contributed by atoms with Crippen molar-refractivity contribution in [2.75, 3.05) is 19.6 Å². The molecule has 2 heterocycles. The fraction of sp³-hybridized carbons (Fsp3) is 0.833. The van der Waals surface area contributed by atoms with Crippen LogP contribution in [0.4, 0.5) is 26.3 Å². The lowest BCUT2D eigenvalue weighted by atomic mass is 9.87. The summed E-state index contributed by atoms with van der Waals surface area (Å²) in [5, 5.41) is 10.2. The van der Waals surface area contributed by atoms with Crippen LogP contribution < -0.4 is 5.32 Å². The fourth-order valence-corrected chi connectivity index (χ4v) is 2.80. The Kier molecular flexibility index (Phi) is 5.89. The zero-order chi connectivity index (χ0) is 17.9. The van der Waals surface area contributed by atoms with Crippen molar-refractivity contribution in [1.29, 1.82) is 0 Å². The Hall–Kier alpha value is -1.52. The molecule has 0 radical (unpaired) electrons. The van der Waals surface area contributed by atoms with Crippen molar-refractivity contribution in [2.24, 2.45) is 0 Å². The number of carbonyl (C=O) groups excluding carboxylic acids is 1. The van der Waals surface area contributed by atoms with Crippen molar-refractivity contribution in [1.82, 2.24) is 10.2 Å². The third-order valence-electron chi connectivity index (χ3n) is 3.78. The van der Waals surface area contributed by atoms with Gasteiger partial charge in [0.25, 0.3) is 0 Å². The molecule has 1 atom stereocenters. The van der Waals surface area contributed by atoms with Gasteiger partial charge in [0.15, 0.2) is 0 Å². The van der Waals surface area contributed by atoms with Gasteiger partial charge in [-0.25, -0.2) is 4.79 Å². The van der Waals surface area contributed by atoms with E-state index in [4.69, 9.17) is 9.90 Å². The highest BCUT2D eigenvalue weighted by Gasteiger charge is 2.52. The highest BCUT2D eigenvalue weighted by molar-refractivity contribution is 5.83. The van der Waals surface area contributed by atoms with Gasteiger partial charge in [-0.05, 0) is 32.2 Å². The predicted octanol–water partition coefficient (Wildman–Crippen LogP) is 1.93. The summed E-state index contributed by atoms with van der Waals surface area (Å²) in [5.41, 5.74) is -0.579. The van der Waals surface area contributed by atoms with Crippen LogP contribution in [0.25, 0.3) is 0 Å². The Bertz CT molecular complexity index is 443. The molecular weight excluding hydrogens is 334 g/mol. The van der Waals surface area contributed by atoms with Crippen LogP contribution in [-0.4, -0.2) is 59.4 Å². The number of hydrogen-bond acceptors (Lipinski definition) is 3. The quantitative estimate of drug-likeness (QED) is 0.655. The summed E-state index contributed by atoms with van der Waals surface area (Å²) in [6, 6.07) is 0. The summed E-state index contributed by atoms with van der Waals surface area (Å²) in [5.74, 6) is -4.43. The standard InChI is InChI=1S/C10H15F3N2O.C2HF3O2/c11-10(12,13)8(16)15-6-2-4-9(15)3-1-5-14-7-9;3-2(4,5)1(6)7/h14H,1-7H2;(H,6,7). The van der Waals surface area contributed by atoms with Gasteiger partial charge >= 0.3 is 24.2 Å². The minimum absolute atomic E-state index is 0.236. The Morgan fingerprint density at radius 2 is 1.52 bits per heavy atom. The first kappa shape index (κ1) is 19.5. The van der Waals surface area contributed by atoms with E-state index < -0.39 is 29.8 Å². The number of nitrogens with one attached hydrogen (secondary N) is 1. The van der Waals surface area contributed by atoms with Gasteiger partial charge in [0.1, 0.15) is 0 Å². The second-order valence-corrected chi connectivity index (χ2v) is 5.37. The van der Waals surface area contributed by atoms with Crippen LogP contribution in [0.2, 0.25) is 0 Å². The van der Waals surface area contributed by atoms with Crippen LogP contribution in [-0.2, 0) is 9.59 Å². The topological polar surface area (TPSA) is 69.6 Å². The van der Waals surface area contributed by atoms with Crippen LogP contribution in [0.15, 0.2) is 0 Å². The summed E-state index contributed by atoms with van der Waals surface area (Å²) >= 11 is 0. The first-order chi connectivity index (χ1) is 10.4. The zero-order valence-electron chi connectivity index (χ0n) is 11.9. The van der Waals surface area contributed by atoms with E-state index in [1.165, 1.54) is 0 Å². The maximum Gasteiger partial charge on any atom is 0.490 e. The van der Waals surface area contributed by atoms with Gasteiger partial charge in [-0.1, -0.05) is 0 Å². The third-order valence-corrected chi connectivity index (χ3v) is 3.78. The summed E-state index contributed by atoms with van der Waals surface area (Å²) < 4.78 is 69.0. The fourth-order valence-electron chi connectivity index (χ4n) is 2.80. The second-order valence-electron chi connectivity index (χ2n) is 5.37. The molecule has 23 heavy (non-hydrogen) atoms. The van der Waals surface area contributed by atoms with Crippen LogP contribution in [0, 0.1) is 0 Å². The predicted molar refractivity (Wildman–Crippen MR) is 65.5 cm³/mol. The average molecular weight is 350 g/mol. The number of likely N-dealkylation sites (tertiary alicyclic amines) is 1. The molecule has 2 rings (SSSR count). The number of carboxylic acid groups (broad SMARTS) is 1. The molecule has 11 heteroatoms. The van der Waals surface area contributed by atoms with Gasteiger partial charge in [0, 0.05) is 13.1 Å². The summed E-state index contributed by atoms with van der Waals surface area (Å²) in [6.07, 6.45) is -6.95. The molecule has 2 aliphatic heterocycles. The van der Waals surface area contributed by atoms with Gasteiger partial charge < -0.3 is 15.3 Å². The molecule has 5 nitrogen and oxygen atoms in total. The summed E-state index contributed by atoms with van der Waals surface area (Å²) in [7, 11) is 0. The monoisotopic (exact) mass is 350 g/mol. The Labute approximate surface area is 127 Å². The lowest BCUT2D eigenvalue weighted by Crippen LogP contribution is -2.58. The maximum atomic E-state index is 12.4. The minimum atomic E-state index is -5.08. The molecule has 0 saturated carbocycles. The lowest BCUT2D eigenvalue weighted by Gasteiger charge is -2.42. The number of alkyl halides is 6. The molecule has 2 aliphatic rings. The number of carboxylic acids is 1. The average Bonchev–Trinajstić information content (AvgIpc) is 2.80. The molecule has 0 aromatic rings. The number of amides is 1. The Morgan fingerprint density at radius 3 is 1.91 bits per heavy atom. The van der Waals surface area contributed by atoms with Crippen LogP contribution in [0.1, 0.15) is 25.7 Å². The molecule has 0 aliphatic carbocycles. The Morgan fingerprint density at radius 1 is 1.00 bits per heavy atom. The molecule has 0 aromatic heterocycles. The molecule has 0 bridgehead atoms. The SMILES string of the molecule is O=C(N1CCCC12CCCNC2)C(F)(F)F.O=C(O)C(F)(F)F. The van der Waals surface area contributed by atoms with Crippen molar-refractivity contribution in [3.05, 3.63) is 0 Å². The van der Waals surface area contributed by atoms with Crippen LogP contribution >= 0.6 is 0 Å². The molecule has 1 amide bonds.